The zero-order chi connectivity index (χ0) is 38.7. The molecule has 2 aliphatic rings. The van der Waals surface area contributed by atoms with E-state index in [1.165, 1.54) is 10.4 Å². The number of aliphatic hydroxyl groups excluding tert-OH is 1. The molecule has 2 unspecified atom stereocenters. The lowest BCUT2D eigenvalue weighted by Crippen LogP contribution is -2.54. The van der Waals surface area contributed by atoms with E-state index in [9.17, 15) is 24.3 Å². The fourth-order valence-corrected chi connectivity index (χ4v) is 6.23. The van der Waals surface area contributed by atoms with Gasteiger partial charge < -0.3 is 30.3 Å². The summed E-state index contributed by atoms with van der Waals surface area (Å²) in [6.45, 7) is 20.0. The van der Waals surface area contributed by atoms with Gasteiger partial charge in [-0.3, -0.25) is 19.2 Å². The maximum atomic E-state index is 12.9. The van der Waals surface area contributed by atoms with Gasteiger partial charge in [0.15, 0.2) is 0 Å². The lowest BCUT2D eigenvalue weighted by molar-refractivity contribution is -0.135. The lowest BCUT2D eigenvalue weighted by atomic mass is 9.85. The van der Waals surface area contributed by atoms with Crippen LogP contribution in [0.2, 0.25) is 0 Å². The quantitative estimate of drug-likeness (QED) is 0.240. The van der Waals surface area contributed by atoms with Crippen molar-refractivity contribution in [2.75, 3.05) is 37.7 Å². The van der Waals surface area contributed by atoms with Crippen molar-refractivity contribution >= 4 is 41.7 Å². The molecule has 0 saturated carbocycles. The number of anilines is 1. The van der Waals surface area contributed by atoms with Crippen LogP contribution in [0.15, 0.2) is 42.2 Å². The molecule has 14 heteroatoms. The number of aromatic nitrogens is 3. The van der Waals surface area contributed by atoms with Crippen LogP contribution in [0.1, 0.15) is 89.6 Å². The summed E-state index contributed by atoms with van der Waals surface area (Å²) in [6.07, 6.45) is 6.43. The Bertz CT molecular complexity index is 1500. The lowest BCUT2D eigenvalue weighted by Gasteiger charge is -2.33. The standard InChI is InChI=1S/C21H33N5O3.C12H12N2OS.C3H6O2.C2H6/c1-14-5-8-25(9-6-14)15-11-22-18(23-12-15)19(28)24-17(21(2,3)4)20(29)26-10-7-16(27)13-26;1-9-12(16-8-14-9)11-4-2-10(3-5-11)6-13-7-15;1-2-5-3-4;1-2/h11-12,14,16-17,27H,5-10,13H2,1-4H3,(H,24,28);2-5,7-8H,6H2,1H3,(H,13,15);3H,2H2,1H3;1-2H3. The number of piperidine rings is 1. The van der Waals surface area contributed by atoms with Gasteiger partial charge in [0.05, 0.1) is 46.9 Å². The molecule has 4 heterocycles. The van der Waals surface area contributed by atoms with E-state index in [0.29, 0.717) is 45.5 Å². The predicted molar refractivity (Wildman–Crippen MR) is 205 cm³/mol. The maximum Gasteiger partial charge on any atom is 0.293 e. The summed E-state index contributed by atoms with van der Waals surface area (Å²) in [6, 6.07) is 7.44. The summed E-state index contributed by atoms with van der Waals surface area (Å²) in [5.74, 6) is 0.154. The first-order chi connectivity index (χ1) is 24.9. The normalized spacial score (nSPS) is 16.1. The number of benzene rings is 1. The van der Waals surface area contributed by atoms with Crippen LogP contribution in [-0.4, -0.2) is 94.6 Å². The van der Waals surface area contributed by atoms with Crippen molar-refractivity contribution in [3.8, 4) is 10.4 Å². The molecule has 2 fully saturated rings. The predicted octanol–water partition coefficient (Wildman–Crippen LogP) is 5.02. The fourth-order valence-electron chi connectivity index (χ4n) is 5.42. The Labute approximate surface area is 312 Å². The number of thiazole rings is 1. The summed E-state index contributed by atoms with van der Waals surface area (Å²) in [5.41, 5.74) is 5.62. The molecule has 0 radical (unpaired) electrons. The number of likely N-dealkylation sites (tertiary alicyclic amines) is 1. The molecule has 2 atom stereocenters. The first-order valence-corrected chi connectivity index (χ1v) is 18.8. The molecule has 52 heavy (non-hydrogen) atoms. The molecular formula is C38H57N7O6S. The highest BCUT2D eigenvalue weighted by molar-refractivity contribution is 7.13. The zero-order valence-corrected chi connectivity index (χ0v) is 32.7. The molecule has 0 aliphatic carbocycles. The first kappa shape index (κ1) is 43.7. The van der Waals surface area contributed by atoms with Crippen LogP contribution >= 0.6 is 11.3 Å². The van der Waals surface area contributed by atoms with E-state index in [4.69, 9.17) is 0 Å². The third-order valence-electron chi connectivity index (χ3n) is 8.44. The number of carbonyl (C=O) groups excluding carboxylic acids is 4. The highest BCUT2D eigenvalue weighted by Gasteiger charge is 2.38. The second-order valence-corrected chi connectivity index (χ2v) is 14.3. The van der Waals surface area contributed by atoms with E-state index in [2.05, 4.69) is 54.3 Å². The smallest absolute Gasteiger partial charge is 0.293 e. The van der Waals surface area contributed by atoms with Gasteiger partial charge in [-0.25, -0.2) is 15.0 Å². The summed E-state index contributed by atoms with van der Waals surface area (Å²) in [7, 11) is 0. The number of ether oxygens (including phenoxy) is 1. The largest absolute Gasteiger partial charge is 0.468 e. The van der Waals surface area contributed by atoms with E-state index in [1.54, 1.807) is 35.6 Å². The number of aliphatic hydroxyl groups is 1. The Morgan fingerprint density at radius 2 is 1.67 bits per heavy atom. The number of amides is 3. The Morgan fingerprint density at radius 1 is 1.04 bits per heavy atom. The number of rotatable bonds is 10. The van der Waals surface area contributed by atoms with Crippen LogP contribution in [0, 0.1) is 18.3 Å². The van der Waals surface area contributed by atoms with Crippen molar-refractivity contribution < 1.29 is 29.0 Å². The SMILES string of the molecule is CC.CC1CCN(c2cnc(C(=O)NC(C(=O)N3CCC(O)C3)C(C)(C)C)nc2)CC1.CCOC=O.Cc1ncsc1-c1ccc(CNC=O)cc1. The third-order valence-corrected chi connectivity index (χ3v) is 9.42. The molecule has 13 nitrogen and oxygen atoms in total. The summed E-state index contributed by atoms with van der Waals surface area (Å²) in [4.78, 5) is 62.8. The van der Waals surface area contributed by atoms with Crippen LogP contribution < -0.4 is 15.5 Å². The maximum absolute atomic E-state index is 12.9. The molecular weight excluding hydrogens is 683 g/mol. The Morgan fingerprint density at radius 3 is 2.13 bits per heavy atom. The van der Waals surface area contributed by atoms with Crippen molar-refractivity contribution in [3.63, 3.8) is 0 Å². The first-order valence-electron chi connectivity index (χ1n) is 17.9. The molecule has 3 aromatic rings. The van der Waals surface area contributed by atoms with E-state index in [1.807, 2.05) is 59.2 Å². The van der Waals surface area contributed by atoms with E-state index >= 15 is 0 Å². The summed E-state index contributed by atoms with van der Waals surface area (Å²) >= 11 is 1.64. The van der Waals surface area contributed by atoms with Crippen LogP contribution in [-0.2, 0) is 25.7 Å². The number of nitrogens with one attached hydrogen (secondary N) is 2. The van der Waals surface area contributed by atoms with Gasteiger partial charge in [-0.15, -0.1) is 11.3 Å². The van der Waals surface area contributed by atoms with Crippen LogP contribution in [0.5, 0.6) is 0 Å². The minimum Gasteiger partial charge on any atom is -0.468 e. The van der Waals surface area contributed by atoms with Gasteiger partial charge in [-0.05, 0) is 55.6 Å². The minimum absolute atomic E-state index is 0.0580. The van der Waals surface area contributed by atoms with Crippen molar-refractivity contribution in [1.29, 1.82) is 0 Å². The summed E-state index contributed by atoms with van der Waals surface area (Å²) < 4.78 is 4.15. The number of nitrogens with zero attached hydrogens (tertiary/aromatic N) is 5. The van der Waals surface area contributed by atoms with Gasteiger partial charge in [0.1, 0.15) is 6.04 Å². The molecule has 1 aromatic carbocycles. The molecule has 286 valence electrons. The number of hydrogen-bond donors (Lipinski definition) is 3. The molecule has 3 N–H and O–H groups in total. The summed E-state index contributed by atoms with van der Waals surface area (Å²) in [5, 5.41) is 15.2. The Balaban J connectivity index is 0.000000340. The van der Waals surface area contributed by atoms with Crippen molar-refractivity contribution in [1.82, 2.24) is 30.5 Å². The average Bonchev–Trinajstić information content (AvgIpc) is 3.79. The van der Waals surface area contributed by atoms with E-state index < -0.39 is 23.5 Å². The Hall–Kier alpha value is -4.43. The molecule has 3 amide bonds. The van der Waals surface area contributed by atoms with Crippen molar-refractivity contribution in [2.45, 2.75) is 93.3 Å². The second kappa shape index (κ2) is 22.5. The minimum atomic E-state index is -0.716. The highest BCUT2D eigenvalue weighted by Crippen LogP contribution is 2.27. The van der Waals surface area contributed by atoms with Crippen LogP contribution in [0.3, 0.4) is 0 Å². The topological polar surface area (TPSA) is 167 Å². The van der Waals surface area contributed by atoms with Crippen LogP contribution in [0.4, 0.5) is 5.69 Å². The van der Waals surface area contributed by atoms with Gasteiger partial charge in [0, 0.05) is 32.7 Å². The van der Waals surface area contributed by atoms with Crippen molar-refractivity contribution in [2.24, 2.45) is 11.3 Å². The van der Waals surface area contributed by atoms with Gasteiger partial charge in [0.25, 0.3) is 12.4 Å². The Kier molecular flexibility index (Phi) is 18.9. The third kappa shape index (κ3) is 13.9. The van der Waals surface area contributed by atoms with Crippen LogP contribution in [0.25, 0.3) is 10.4 Å². The van der Waals surface area contributed by atoms with Crippen molar-refractivity contribution in [3.05, 3.63) is 59.3 Å². The molecule has 2 aromatic heterocycles. The molecule has 2 saturated heterocycles. The molecule has 2 aliphatic heterocycles. The van der Waals surface area contributed by atoms with Gasteiger partial charge in [0.2, 0.25) is 18.1 Å². The number of carbonyl (C=O) groups is 4. The highest BCUT2D eigenvalue weighted by atomic mass is 32.1. The number of β-amino-alcohol motifs (C(OH)–C–C–N with tert-alkyl or cyclic N) is 1. The molecule has 0 bridgehead atoms. The molecule has 0 spiro atoms. The monoisotopic (exact) mass is 739 g/mol. The van der Waals surface area contributed by atoms with Gasteiger partial charge in [-0.1, -0.05) is 65.8 Å². The van der Waals surface area contributed by atoms with E-state index in [0.717, 1.165) is 48.8 Å². The van der Waals surface area contributed by atoms with Gasteiger partial charge >= 0.3 is 0 Å². The van der Waals surface area contributed by atoms with E-state index in [-0.39, 0.29) is 11.7 Å². The number of aryl methyl sites for hydroxylation is 1. The molecule has 5 rings (SSSR count). The number of hydrogen-bond acceptors (Lipinski definition) is 11. The fraction of sp³-hybridized carbons (Fsp3) is 0.553. The second-order valence-electron chi connectivity index (χ2n) is 13.4. The zero-order valence-electron chi connectivity index (χ0n) is 31.9. The van der Waals surface area contributed by atoms with Gasteiger partial charge in [-0.2, -0.15) is 0 Å². The average molecular weight is 740 g/mol.